The van der Waals surface area contributed by atoms with Crippen molar-refractivity contribution < 1.29 is 4.74 Å². The van der Waals surface area contributed by atoms with Crippen LogP contribution in [0.4, 0.5) is 0 Å². The van der Waals surface area contributed by atoms with E-state index >= 15 is 0 Å². The minimum absolute atomic E-state index is 1.00. The Morgan fingerprint density at radius 1 is 0.714 bits per heavy atom. The van der Waals surface area contributed by atoms with E-state index in [1.165, 1.54) is 25.7 Å². The molecule has 3 fully saturated rings. The molecule has 0 saturated carbocycles. The standard InChI is InChI=1S/C8H15B.C4H8O/c1-3-7-5-2-6-8(4-1)9-7;1-2-4-5-3-1/h7-9H,1-6H2;1-4H2. The fraction of sp³-hybridized carbons (Fsp3) is 1.00. The van der Waals surface area contributed by atoms with Crippen molar-refractivity contribution >= 4 is 7.28 Å². The van der Waals surface area contributed by atoms with Gasteiger partial charge < -0.3 is 4.74 Å². The van der Waals surface area contributed by atoms with Crippen LogP contribution in [0.1, 0.15) is 51.4 Å². The van der Waals surface area contributed by atoms with Crippen LogP contribution in [0, 0.1) is 0 Å². The lowest BCUT2D eigenvalue weighted by Gasteiger charge is -2.32. The van der Waals surface area contributed by atoms with Crippen LogP contribution in [0.5, 0.6) is 0 Å². The summed E-state index contributed by atoms with van der Waals surface area (Å²) in [6, 6.07) is 0. The van der Waals surface area contributed by atoms with Gasteiger partial charge in [-0.3, -0.25) is 0 Å². The molecular weight excluding hydrogens is 171 g/mol. The van der Waals surface area contributed by atoms with E-state index in [1.54, 1.807) is 33.0 Å². The topological polar surface area (TPSA) is 9.23 Å². The minimum Gasteiger partial charge on any atom is -0.381 e. The van der Waals surface area contributed by atoms with E-state index in [1.807, 2.05) is 0 Å². The van der Waals surface area contributed by atoms with Crippen molar-refractivity contribution in [2.75, 3.05) is 13.2 Å². The first kappa shape index (κ1) is 10.5. The second-order valence-corrected chi connectivity index (χ2v) is 5.15. The van der Waals surface area contributed by atoms with Crippen molar-refractivity contribution in [1.29, 1.82) is 0 Å². The molecule has 0 aromatic carbocycles. The lowest BCUT2D eigenvalue weighted by Crippen LogP contribution is -2.21. The van der Waals surface area contributed by atoms with E-state index in [4.69, 9.17) is 4.74 Å². The first-order valence-corrected chi connectivity index (χ1v) is 6.53. The minimum atomic E-state index is 1.00. The Kier molecular flexibility index (Phi) is 4.36. The number of hydrogen-bond acceptors (Lipinski definition) is 1. The van der Waals surface area contributed by atoms with Crippen LogP contribution in [0.25, 0.3) is 0 Å². The Morgan fingerprint density at radius 3 is 1.50 bits per heavy atom. The summed E-state index contributed by atoms with van der Waals surface area (Å²) < 4.78 is 4.94. The number of hydrogen-bond donors (Lipinski definition) is 0. The van der Waals surface area contributed by atoms with Gasteiger partial charge in [0.05, 0.1) is 0 Å². The van der Waals surface area contributed by atoms with Gasteiger partial charge in [-0.2, -0.15) is 0 Å². The van der Waals surface area contributed by atoms with Crippen molar-refractivity contribution in [3.8, 4) is 0 Å². The maximum Gasteiger partial charge on any atom is 0.127 e. The van der Waals surface area contributed by atoms with Crippen LogP contribution >= 0.6 is 0 Å². The molecule has 0 radical (unpaired) electrons. The normalized spacial score (nSPS) is 35.4. The summed E-state index contributed by atoms with van der Waals surface area (Å²) in [6.07, 6.45) is 11.8. The van der Waals surface area contributed by atoms with Crippen molar-refractivity contribution in [1.82, 2.24) is 0 Å². The molecule has 0 aromatic rings. The van der Waals surface area contributed by atoms with E-state index < -0.39 is 0 Å². The van der Waals surface area contributed by atoms with Crippen molar-refractivity contribution in [2.45, 2.75) is 63.0 Å². The summed E-state index contributed by atoms with van der Waals surface area (Å²) in [5.74, 6) is 2.30. The lowest BCUT2D eigenvalue weighted by atomic mass is 9.44. The highest BCUT2D eigenvalue weighted by Crippen LogP contribution is 2.40. The molecule has 1 nitrogen and oxygen atoms in total. The van der Waals surface area contributed by atoms with E-state index in [-0.39, 0.29) is 0 Å². The van der Waals surface area contributed by atoms with E-state index in [0.29, 0.717) is 0 Å². The molecule has 3 saturated heterocycles. The Bertz CT molecular complexity index is 129. The van der Waals surface area contributed by atoms with Gasteiger partial charge in [-0.1, -0.05) is 50.2 Å². The van der Waals surface area contributed by atoms with Gasteiger partial charge in [0, 0.05) is 13.2 Å². The molecule has 0 atom stereocenters. The van der Waals surface area contributed by atoms with Crippen LogP contribution in [0.15, 0.2) is 0 Å². The molecule has 3 aliphatic rings. The summed E-state index contributed by atoms with van der Waals surface area (Å²) in [7, 11) is 1.58. The molecule has 0 aromatic heterocycles. The second kappa shape index (κ2) is 5.80. The number of fused-ring (bicyclic) bond motifs is 2. The number of ether oxygens (including phenoxy) is 1. The van der Waals surface area contributed by atoms with Gasteiger partial charge in [-0.25, -0.2) is 0 Å². The zero-order valence-corrected chi connectivity index (χ0v) is 9.34. The molecule has 80 valence electrons. The van der Waals surface area contributed by atoms with Crippen LogP contribution in [-0.2, 0) is 4.74 Å². The van der Waals surface area contributed by atoms with E-state index in [2.05, 4.69) is 0 Å². The highest BCUT2D eigenvalue weighted by Gasteiger charge is 2.26. The SMILES string of the molecule is B1C2CCCC1CCC2.C1CCOC1. The maximum atomic E-state index is 4.94. The zero-order chi connectivity index (χ0) is 9.64. The summed E-state index contributed by atoms with van der Waals surface area (Å²) in [5.41, 5.74) is 0. The summed E-state index contributed by atoms with van der Waals surface area (Å²) >= 11 is 0. The predicted octanol–water partition coefficient (Wildman–Crippen LogP) is 3.16. The van der Waals surface area contributed by atoms with Crippen LogP contribution in [0.2, 0.25) is 11.6 Å². The molecule has 3 rings (SSSR count). The molecule has 0 amide bonds. The first-order chi connectivity index (χ1) is 6.95. The molecule has 3 heterocycles. The Morgan fingerprint density at radius 2 is 1.21 bits per heavy atom. The summed E-state index contributed by atoms with van der Waals surface area (Å²) in [5, 5.41) is 0. The third-order valence-electron chi connectivity index (χ3n) is 3.94. The number of rotatable bonds is 0. The third kappa shape index (κ3) is 3.31. The molecule has 0 N–H and O–H groups in total. The molecule has 0 unspecified atom stereocenters. The lowest BCUT2D eigenvalue weighted by molar-refractivity contribution is 0.198. The Balaban J connectivity index is 0.000000128. The van der Waals surface area contributed by atoms with Crippen molar-refractivity contribution in [3.05, 3.63) is 0 Å². The fourth-order valence-corrected chi connectivity index (χ4v) is 3.13. The highest BCUT2D eigenvalue weighted by molar-refractivity contribution is 6.40. The van der Waals surface area contributed by atoms with Gasteiger partial charge in [0.1, 0.15) is 7.28 Å². The smallest absolute Gasteiger partial charge is 0.127 e. The summed E-state index contributed by atoms with van der Waals surface area (Å²) in [4.78, 5) is 0. The molecule has 0 spiro atoms. The molecule has 0 aliphatic carbocycles. The van der Waals surface area contributed by atoms with Crippen molar-refractivity contribution in [3.63, 3.8) is 0 Å². The van der Waals surface area contributed by atoms with Crippen LogP contribution < -0.4 is 0 Å². The van der Waals surface area contributed by atoms with Gasteiger partial charge in [-0.05, 0) is 12.8 Å². The molecular formula is C12H23BO. The fourth-order valence-electron chi connectivity index (χ4n) is 3.13. The predicted molar refractivity (Wildman–Crippen MR) is 62.4 cm³/mol. The van der Waals surface area contributed by atoms with Crippen molar-refractivity contribution in [2.24, 2.45) is 0 Å². The first-order valence-electron chi connectivity index (χ1n) is 6.53. The monoisotopic (exact) mass is 194 g/mol. The van der Waals surface area contributed by atoms with Gasteiger partial charge in [-0.15, -0.1) is 0 Å². The van der Waals surface area contributed by atoms with Gasteiger partial charge in [0.25, 0.3) is 0 Å². The zero-order valence-electron chi connectivity index (χ0n) is 9.34. The maximum absolute atomic E-state index is 4.94. The quantitative estimate of drug-likeness (QED) is 0.538. The Labute approximate surface area is 88.8 Å². The molecule has 2 bridgehead atoms. The summed E-state index contributed by atoms with van der Waals surface area (Å²) in [6.45, 7) is 2.00. The van der Waals surface area contributed by atoms with E-state index in [9.17, 15) is 0 Å². The average Bonchev–Trinajstić information content (AvgIpc) is 2.76. The molecule has 14 heavy (non-hydrogen) atoms. The Hall–Kier alpha value is 0.0249. The second-order valence-electron chi connectivity index (χ2n) is 5.15. The van der Waals surface area contributed by atoms with Crippen LogP contribution in [0.3, 0.4) is 0 Å². The van der Waals surface area contributed by atoms with Gasteiger partial charge in [0.2, 0.25) is 0 Å². The highest BCUT2D eigenvalue weighted by atomic mass is 16.5. The van der Waals surface area contributed by atoms with Crippen LogP contribution in [-0.4, -0.2) is 20.5 Å². The third-order valence-corrected chi connectivity index (χ3v) is 3.94. The largest absolute Gasteiger partial charge is 0.381 e. The molecule has 2 heteroatoms. The van der Waals surface area contributed by atoms with Gasteiger partial charge >= 0.3 is 0 Å². The molecule has 3 aliphatic heterocycles. The van der Waals surface area contributed by atoms with Gasteiger partial charge in [0.15, 0.2) is 0 Å². The average molecular weight is 194 g/mol. The van der Waals surface area contributed by atoms with E-state index in [0.717, 1.165) is 24.8 Å².